The lowest BCUT2D eigenvalue weighted by Crippen LogP contribution is -2.39. The molecule has 0 heterocycles. The van der Waals surface area contributed by atoms with E-state index in [0.717, 1.165) is 12.8 Å². The van der Waals surface area contributed by atoms with E-state index in [1.165, 1.54) is 5.56 Å². The number of nitrogens with one attached hydrogen (secondary N) is 1. The van der Waals surface area contributed by atoms with E-state index >= 15 is 0 Å². The Labute approximate surface area is 137 Å². The predicted molar refractivity (Wildman–Crippen MR) is 87.4 cm³/mol. The van der Waals surface area contributed by atoms with Crippen molar-refractivity contribution in [2.24, 2.45) is 0 Å². The van der Waals surface area contributed by atoms with Crippen molar-refractivity contribution in [1.82, 2.24) is 10.2 Å². The maximum absolute atomic E-state index is 11.9. The van der Waals surface area contributed by atoms with Crippen LogP contribution in [0.1, 0.15) is 24.8 Å². The number of hydrogen-bond acceptors (Lipinski definition) is 3. The minimum atomic E-state index is -0.844. The van der Waals surface area contributed by atoms with Crippen molar-refractivity contribution in [3.8, 4) is 0 Å². The Bertz CT molecular complexity index is 503. The SMILES string of the molecule is CN(CCC(=O)O)CC(=O)NCC1(c2ccccc2)CC1.Cl. The van der Waals surface area contributed by atoms with Crippen molar-refractivity contribution in [2.75, 3.05) is 26.7 Å². The number of nitrogens with zero attached hydrogens (tertiary/aromatic N) is 1. The molecule has 0 aromatic heterocycles. The molecule has 0 saturated heterocycles. The van der Waals surface area contributed by atoms with Gasteiger partial charge in [-0.3, -0.25) is 14.5 Å². The highest BCUT2D eigenvalue weighted by atomic mass is 35.5. The summed E-state index contributed by atoms with van der Waals surface area (Å²) >= 11 is 0. The average molecular weight is 327 g/mol. The van der Waals surface area contributed by atoms with Gasteiger partial charge in [0.25, 0.3) is 0 Å². The second-order valence-electron chi connectivity index (χ2n) is 5.80. The van der Waals surface area contributed by atoms with E-state index in [2.05, 4.69) is 17.4 Å². The minimum absolute atomic E-state index is 0. The van der Waals surface area contributed by atoms with Crippen molar-refractivity contribution < 1.29 is 14.7 Å². The summed E-state index contributed by atoms with van der Waals surface area (Å²) in [7, 11) is 1.76. The minimum Gasteiger partial charge on any atom is -0.481 e. The standard InChI is InChI=1S/C16H22N2O3.ClH/c1-18(10-7-15(20)21)11-14(19)17-12-16(8-9-16)13-5-3-2-4-6-13;/h2-6H,7-12H2,1H3,(H,17,19)(H,20,21);1H. The van der Waals surface area contributed by atoms with E-state index in [4.69, 9.17) is 5.11 Å². The number of carbonyl (C=O) groups is 2. The van der Waals surface area contributed by atoms with Crippen LogP contribution in [-0.2, 0) is 15.0 Å². The van der Waals surface area contributed by atoms with Crippen molar-refractivity contribution >= 4 is 24.3 Å². The first-order chi connectivity index (χ1) is 10.0. The van der Waals surface area contributed by atoms with Gasteiger partial charge in [0.2, 0.25) is 5.91 Å². The van der Waals surface area contributed by atoms with Crippen LogP contribution in [0.15, 0.2) is 30.3 Å². The van der Waals surface area contributed by atoms with Gasteiger partial charge in [0, 0.05) is 18.5 Å². The summed E-state index contributed by atoms with van der Waals surface area (Å²) in [6, 6.07) is 10.3. The first-order valence-electron chi connectivity index (χ1n) is 7.24. The highest BCUT2D eigenvalue weighted by molar-refractivity contribution is 5.85. The summed E-state index contributed by atoms with van der Waals surface area (Å²) in [5.41, 5.74) is 1.39. The van der Waals surface area contributed by atoms with E-state index in [9.17, 15) is 9.59 Å². The highest BCUT2D eigenvalue weighted by Gasteiger charge is 2.44. The number of carboxylic acids is 1. The summed E-state index contributed by atoms with van der Waals surface area (Å²) in [6.07, 6.45) is 2.26. The van der Waals surface area contributed by atoms with Gasteiger partial charge < -0.3 is 10.4 Å². The van der Waals surface area contributed by atoms with Crippen molar-refractivity contribution in [1.29, 1.82) is 0 Å². The van der Waals surface area contributed by atoms with Gasteiger partial charge in [-0.1, -0.05) is 30.3 Å². The molecular weight excluding hydrogens is 304 g/mol. The molecule has 1 aromatic carbocycles. The molecule has 5 nitrogen and oxygen atoms in total. The smallest absolute Gasteiger partial charge is 0.304 e. The van der Waals surface area contributed by atoms with E-state index in [-0.39, 0.29) is 36.7 Å². The molecule has 6 heteroatoms. The third-order valence-electron chi connectivity index (χ3n) is 3.98. The number of rotatable bonds is 8. The Morgan fingerprint density at radius 2 is 1.91 bits per heavy atom. The van der Waals surface area contributed by atoms with Gasteiger partial charge in [-0.2, -0.15) is 0 Å². The van der Waals surface area contributed by atoms with Crippen LogP contribution in [0.2, 0.25) is 0 Å². The monoisotopic (exact) mass is 326 g/mol. The van der Waals surface area contributed by atoms with Gasteiger partial charge in [-0.05, 0) is 25.5 Å². The molecule has 22 heavy (non-hydrogen) atoms. The van der Waals surface area contributed by atoms with Gasteiger partial charge >= 0.3 is 5.97 Å². The summed E-state index contributed by atoms with van der Waals surface area (Å²) in [5, 5.41) is 11.6. The fourth-order valence-corrected chi connectivity index (χ4v) is 2.44. The zero-order valence-corrected chi connectivity index (χ0v) is 13.6. The zero-order chi connectivity index (χ0) is 15.3. The average Bonchev–Trinajstić information content (AvgIpc) is 3.25. The largest absolute Gasteiger partial charge is 0.481 e. The van der Waals surface area contributed by atoms with Gasteiger partial charge in [0.1, 0.15) is 0 Å². The molecule has 1 fully saturated rings. The predicted octanol–water partition coefficient (Wildman–Crippen LogP) is 1.66. The lowest BCUT2D eigenvalue weighted by molar-refractivity contribution is -0.137. The van der Waals surface area contributed by atoms with Crippen LogP contribution in [0.4, 0.5) is 0 Å². The molecule has 0 spiro atoms. The number of hydrogen-bond donors (Lipinski definition) is 2. The van der Waals surface area contributed by atoms with E-state index in [1.807, 2.05) is 18.2 Å². The first-order valence-corrected chi connectivity index (χ1v) is 7.24. The molecule has 1 aliphatic rings. The summed E-state index contributed by atoms with van der Waals surface area (Å²) in [4.78, 5) is 24.1. The quantitative estimate of drug-likeness (QED) is 0.762. The molecule has 0 bridgehead atoms. The van der Waals surface area contributed by atoms with Gasteiger partial charge in [-0.25, -0.2) is 0 Å². The van der Waals surface area contributed by atoms with Gasteiger partial charge in [0.15, 0.2) is 0 Å². The molecule has 1 saturated carbocycles. The summed E-state index contributed by atoms with van der Waals surface area (Å²) < 4.78 is 0. The maximum Gasteiger partial charge on any atom is 0.304 e. The second-order valence-corrected chi connectivity index (χ2v) is 5.80. The number of halogens is 1. The van der Waals surface area contributed by atoms with Gasteiger partial charge in [0.05, 0.1) is 13.0 Å². The normalized spacial score (nSPS) is 15.0. The molecule has 1 aliphatic carbocycles. The first kappa shape index (κ1) is 18.5. The van der Waals surface area contributed by atoms with Crippen LogP contribution in [-0.4, -0.2) is 48.6 Å². The van der Waals surface area contributed by atoms with E-state index in [0.29, 0.717) is 13.1 Å². The molecule has 0 aliphatic heterocycles. The fourth-order valence-electron chi connectivity index (χ4n) is 2.44. The molecule has 0 unspecified atom stereocenters. The number of carbonyl (C=O) groups excluding carboxylic acids is 1. The van der Waals surface area contributed by atoms with E-state index in [1.54, 1.807) is 11.9 Å². The van der Waals surface area contributed by atoms with Crippen LogP contribution in [0.3, 0.4) is 0 Å². The molecule has 2 N–H and O–H groups in total. The van der Waals surface area contributed by atoms with Crippen LogP contribution in [0.25, 0.3) is 0 Å². The molecule has 1 amide bonds. The maximum atomic E-state index is 11.9. The van der Waals surface area contributed by atoms with Crippen LogP contribution >= 0.6 is 12.4 Å². The number of aliphatic carboxylic acids is 1. The molecular formula is C16H23ClN2O3. The third kappa shape index (κ3) is 5.31. The van der Waals surface area contributed by atoms with E-state index < -0.39 is 5.97 Å². The Balaban J connectivity index is 0.00000242. The van der Waals surface area contributed by atoms with Crippen LogP contribution in [0, 0.1) is 0 Å². The number of benzene rings is 1. The number of carboxylic acid groups (broad SMARTS) is 1. The Morgan fingerprint density at radius 1 is 1.27 bits per heavy atom. The molecule has 1 aromatic rings. The molecule has 0 atom stereocenters. The number of amides is 1. The van der Waals surface area contributed by atoms with Crippen molar-refractivity contribution in [3.05, 3.63) is 35.9 Å². The third-order valence-corrected chi connectivity index (χ3v) is 3.98. The van der Waals surface area contributed by atoms with Crippen LogP contribution < -0.4 is 5.32 Å². The second kappa shape index (κ2) is 8.15. The fraction of sp³-hybridized carbons (Fsp3) is 0.500. The highest BCUT2D eigenvalue weighted by Crippen LogP contribution is 2.47. The Kier molecular flexibility index (Phi) is 6.84. The van der Waals surface area contributed by atoms with Crippen LogP contribution in [0.5, 0.6) is 0 Å². The van der Waals surface area contributed by atoms with Crippen molar-refractivity contribution in [3.63, 3.8) is 0 Å². The summed E-state index contributed by atoms with van der Waals surface area (Å²) in [6.45, 7) is 1.27. The summed E-state index contributed by atoms with van der Waals surface area (Å²) in [5.74, 6) is -0.895. The lowest BCUT2D eigenvalue weighted by atomic mass is 9.96. The number of likely N-dealkylation sites (N-methyl/N-ethyl adjacent to an activating group) is 1. The zero-order valence-electron chi connectivity index (χ0n) is 12.7. The Hall–Kier alpha value is -1.59. The Morgan fingerprint density at radius 3 is 2.45 bits per heavy atom. The molecule has 0 radical (unpaired) electrons. The van der Waals surface area contributed by atoms with Gasteiger partial charge in [-0.15, -0.1) is 12.4 Å². The van der Waals surface area contributed by atoms with Crippen molar-refractivity contribution in [2.45, 2.75) is 24.7 Å². The molecule has 2 rings (SSSR count). The molecule has 122 valence electrons. The topological polar surface area (TPSA) is 69.6 Å². The lowest BCUT2D eigenvalue weighted by Gasteiger charge is -2.19.